The SMILES string of the molecule is Cc1cc(N(C2CC2)C2CCN(c3cc4c(nn3)CCS(=O)(=O)C4)CC2)ncn1. The topological polar surface area (TPSA) is 92.2 Å². The highest BCUT2D eigenvalue weighted by atomic mass is 32.2. The molecule has 1 saturated heterocycles. The molecule has 8 nitrogen and oxygen atoms in total. The summed E-state index contributed by atoms with van der Waals surface area (Å²) >= 11 is 0. The van der Waals surface area contributed by atoms with E-state index in [1.165, 1.54) is 12.8 Å². The number of nitrogens with zero attached hydrogens (tertiary/aromatic N) is 6. The van der Waals surface area contributed by atoms with Crippen LogP contribution in [0.25, 0.3) is 0 Å². The van der Waals surface area contributed by atoms with E-state index in [-0.39, 0.29) is 11.5 Å². The van der Waals surface area contributed by atoms with Crippen LogP contribution in [0.15, 0.2) is 18.5 Å². The normalized spacial score (nSPS) is 21.6. The number of sulfone groups is 1. The van der Waals surface area contributed by atoms with Crippen LogP contribution in [-0.4, -0.2) is 59.5 Å². The van der Waals surface area contributed by atoms with Gasteiger partial charge in [0.05, 0.1) is 17.2 Å². The van der Waals surface area contributed by atoms with Crippen molar-refractivity contribution in [2.24, 2.45) is 0 Å². The van der Waals surface area contributed by atoms with Crippen molar-refractivity contribution in [2.45, 2.75) is 56.9 Å². The van der Waals surface area contributed by atoms with Crippen LogP contribution in [0, 0.1) is 6.92 Å². The molecule has 2 aliphatic heterocycles. The number of aryl methyl sites for hydroxylation is 2. The average molecular weight is 415 g/mol. The molecular weight excluding hydrogens is 388 g/mol. The third kappa shape index (κ3) is 3.92. The zero-order chi connectivity index (χ0) is 20.0. The minimum absolute atomic E-state index is 0.0871. The lowest BCUT2D eigenvalue weighted by Gasteiger charge is -2.40. The molecule has 0 spiro atoms. The monoisotopic (exact) mass is 414 g/mol. The van der Waals surface area contributed by atoms with Gasteiger partial charge < -0.3 is 9.80 Å². The van der Waals surface area contributed by atoms with E-state index in [0.717, 1.165) is 54.5 Å². The molecule has 5 rings (SSSR count). The van der Waals surface area contributed by atoms with Gasteiger partial charge in [-0.2, -0.15) is 5.10 Å². The first-order valence-electron chi connectivity index (χ1n) is 10.4. The van der Waals surface area contributed by atoms with Gasteiger partial charge in [-0.3, -0.25) is 0 Å². The van der Waals surface area contributed by atoms with Crippen molar-refractivity contribution in [2.75, 3.05) is 28.6 Å². The van der Waals surface area contributed by atoms with Gasteiger partial charge in [0.25, 0.3) is 0 Å². The molecule has 0 aromatic carbocycles. The van der Waals surface area contributed by atoms with Gasteiger partial charge in [-0.25, -0.2) is 18.4 Å². The number of hydrogen-bond acceptors (Lipinski definition) is 8. The van der Waals surface area contributed by atoms with E-state index >= 15 is 0 Å². The molecule has 0 radical (unpaired) electrons. The fourth-order valence-corrected chi connectivity index (χ4v) is 5.85. The smallest absolute Gasteiger partial charge is 0.154 e. The number of anilines is 2. The molecule has 0 bridgehead atoms. The lowest BCUT2D eigenvalue weighted by atomic mass is 10.0. The quantitative estimate of drug-likeness (QED) is 0.746. The Morgan fingerprint density at radius 2 is 1.79 bits per heavy atom. The average Bonchev–Trinajstić information content (AvgIpc) is 3.53. The predicted molar refractivity (Wildman–Crippen MR) is 111 cm³/mol. The maximum absolute atomic E-state index is 12.0. The van der Waals surface area contributed by atoms with Crippen LogP contribution < -0.4 is 9.80 Å². The molecule has 0 atom stereocenters. The summed E-state index contributed by atoms with van der Waals surface area (Å²) < 4.78 is 23.9. The van der Waals surface area contributed by atoms with Crippen molar-refractivity contribution >= 4 is 21.5 Å². The molecular formula is C20H26N6O2S. The van der Waals surface area contributed by atoms with E-state index in [1.807, 2.05) is 13.0 Å². The van der Waals surface area contributed by atoms with Crippen molar-refractivity contribution in [3.8, 4) is 0 Å². The standard InChI is InChI=1S/C20H26N6O2S/c1-14-10-19(22-13-21-14)26(16-2-3-16)17-4-7-25(8-5-17)20-11-15-12-29(27,28)9-6-18(15)23-24-20/h10-11,13,16-17H,2-9,12H2,1H3. The second-order valence-corrected chi connectivity index (χ2v) is 10.6. The van der Waals surface area contributed by atoms with Crippen LogP contribution in [0.3, 0.4) is 0 Å². The van der Waals surface area contributed by atoms with Gasteiger partial charge in [0.1, 0.15) is 12.1 Å². The first-order chi connectivity index (χ1) is 14.0. The third-order valence-corrected chi connectivity index (χ3v) is 7.73. The molecule has 2 fully saturated rings. The van der Waals surface area contributed by atoms with Gasteiger partial charge in [0, 0.05) is 43.4 Å². The highest BCUT2D eigenvalue weighted by Crippen LogP contribution is 2.36. The Bertz CT molecular complexity index is 1020. The van der Waals surface area contributed by atoms with Crippen molar-refractivity contribution in [3.05, 3.63) is 35.4 Å². The van der Waals surface area contributed by atoms with Gasteiger partial charge in [0.15, 0.2) is 15.7 Å². The van der Waals surface area contributed by atoms with Crippen LogP contribution in [0.1, 0.15) is 42.6 Å². The molecule has 3 aliphatic rings. The molecule has 29 heavy (non-hydrogen) atoms. The van der Waals surface area contributed by atoms with Crippen molar-refractivity contribution in [1.82, 2.24) is 20.2 Å². The summed E-state index contributed by atoms with van der Waals surface area (Å²) in [6.45, 7) is 3.78. The summed E-state index contributed by atoms with van der Waals surface area (Å²) in [6, 6.07) is 5.07. The van der Waals surface area contributed by atoms with Crippen LogP contribution in [-0.2, 0) is 22.0 Å². The predicted octanol–water partition coefficient (Wildman–Crippen LogP) is 1.68. The van der Waals surface area contributed by atoms with Gasteiger partial charge in [-0.1, -0.05) is 0 Å². The van der Waals surface area contributed by atoms with Crippen LogP contribution in [0.5, 0.6) is 0 Å². The molecule has 2 aromatic rings. The zero-order valence-corrected chi connectivity index (χ0v) is 17.5. The van der Waals surface area contributed by atoms with E-state index in [2.05, 4.69) is 36.0 Å². The zero-order valence-electron chi connectivity index (χ0n) is 16.7. The van der Waals surface area contributed by atoms with Crippen LogP contribution >= 0.6 is 0 Å². The Morgan fingerprint density at radius 1 is 1.03 bits per heavy atom. The summed E-state index contributed by atoms with van der Waals surface area (Å²) in [4.78, 5) is 13.5. The summed E-state index contributed by atoms with van der Waals surface area (Å²) in [6.07, 6.45) is 6.64. The molecule has 2 aromatic heterocycles. The Labute approximate surface area is 171 Å². The fourth-order valence-electron chi connectivity index (χ4n) is 4.47. The first kappa shape index (κ1) is 18.7. The summed E-state index contributed by atoms with van der Waals surface area (Å²) in [5.74, 6) is 2.11. The number of aromatic nitrogens is 4. The molecule has 9 heteroatoms. The largest absolute Gasteiger partial charge is 0.355 e. The van der Waals surface area contributed by atoms with Crippen LogP contribution in [0.2, 0.25) is 0 Å². The third-order valence-electron chi connectivity index (χ3n) is 6.15. The van der Waals surface area contributed by atoms with Gasteiger partial charge >= 0.3 is 0 Å². The van der Waals surface area contributed by atoms with E-state index in [4.69, 9.17) is 0 Å². The summed E-state index contributed by atoms with van der Waals surface area (Å²) in [7, 11) is -3.01. The van der Waals surface area contributed by atoms with E-state index in [9.17, 15) is 8.42 Å². The molecule has 4 heterocycles. The van der Waals surface area contributed by atoms with Gasteiger partial charge in [-0.15, -0.1) is 5.10 Å². The highest BCUT2D eigenvalue weighted by molar-refractivity contribution is 7.90. The summed E-state index contributed by atoms with van der Waals surface area (Å²) in [5, 5.41) is 8.72. The molecule has 1 saturated carbocycles. The Balaban J connectivity index is 1.30. The Hall–Kier alpha value is -2.29. The van der Waals surface area contributed by atoms with E-state index in [1.54, 1.807) is 6.33 Å². The van der Waals surface area contributed by atoms with Gasteiger partial charge in [-0.05, 0) is 44.2 Å². The number of hydrogen-bond donors (Lipinski definition) is 0. The molecule has 0 amide bonds. The second-order valence-electron chi connectivity index (χ2n) is 8.39. The minimum atomic E-state index is -3.01. The van der Waals surface area contributed by atoms with Gasteiger partial charge in [0.2, 0.25) is 0 Å². The van der Waals surface area contributed by atoms with Crippen molar-refractivity contribution < 1.29 is 8.42 Å². The number of fused-ring (bicyclic) bond motifs is 1. The number of rotatable bonds is 4. The van der Waals surface area contributed by atoms with E-state index in [0.29, 0.717) is 18.5 Å². The van der Waals surface area contributed by atoms with E-state index < -0.39 is 9.84 Å². The molecule has 0 N–H and O–H groups in total. The lowest BCUT2D eigenvalue weighted by molar-refractivity contribution is 0.456. The fraction of sp³-hybridized carbons (Fsp3) is 0.600. The maximum Gasteiger partial charge on any atom is 0.154 e. The van der Waals surface area contributed by atoms with Crippen molar-refractivity contribution in [1.29, 1.82) is 0 Å². The summed E-state index contributed by atoms with van der Waals surface area (Å²) in [5.41, 5.74) is 2.65. The minimum Gasteiger partial charge on any atom is -0.355 e. The molecule has 1 aliphatic carbocycles. The maximum atomic E-state index is 12.0. The lowest BCUT2D eigenvalue weighted by Crippen LogP contribution is -2.46. The number of piperidine rings is 1. The first-order valence-corrected chi connectivity index (χ1v) is 12.2. The Morgan fingerprint density at radius 3 is 2.52 bits per heavy atom. The second kappa shape index (κ2) is 7.19. The Kier molecular flexibility index (Phi) is 4.64. The molecule has 154 valence electrons. The van der Waals surface area contributed by atoms with Crippen molar-refractivity contribution in [3.63, 3.8) is 0 Å². The highest BCUT2D eigenvalue weighted by Gasteiger charge is 2.37. The van der Waals surface area contributed by atoms with Crippen LogP contribution in [0.4, 0.5) is 11.6 Å². The molecule has 0 unspecified atom stereocenters.